The Morgan fingerprint density at radius 1 is 0.489 bits per heavy atom. The van der Waals surface area contributed by atoms with Crippen LogP contribution in [0.5, 0.6) is 0 Å². The number of hydrogen-bond acceptors (Lipinski definition) is 2. The topological polar surface area (TPSA) is 12.9 Å². The van der Waals surface area contributed by atoms with Crippen molar-refractivity contribution in [1.82, 2.24) is 4.98 Å². The molecule has 0 amide bonds. The van der Waals surface area contributed by atoms with Crippen molar-refractivity contribution in [2.24, 2.45) is 0 Å². The quantitative estimate of drug-likeness (QED) is 0.193. The summed E-state index contributed by atoms with van der Waals surface area (Å²) in [4.78, 5) is 5.54. The van der Waals surface area contributed by atoms with E-state index in [0.29, 0.717) is 0 Å². The van der Waals surface area contributed by atoms with Crippen molar-refractivity contribution in [3.63, 3.8) is 0 Å². The van der Waals surface area contributed by atoms with Crippen LogP contribution in [-0.2, 0) is 0 Å². The monoisotopic (exact) mass is 615 g/mol. The van der Waals surface area contributed by atoms with Crippen molar-refractivity contribution >= 4 is 53.2 Å². The van der Waals surface area contributed by atoms with E-state index in [9.17, 15) is 0 Å². The fourth-order valence-electron chi connectivity index (χ4n) is 7.98. The molecule has 2 aromatic heterocycles. The molecule has 0 fully saturated rings. The zero-order chi connectivity index (χ0) is 31.1. The average molecular weight is 616 g/mol. The zero-order valence-corrected chi connectivity index (χ0v) is 26.7. The molecule has 220 valence electrons. The highest BCUT2D eigenvalue weighted by molar-refractivity contribution is 7.25. The maximum Gasteiger partial charge on any atom is 0.0760 e. The smallest absolute Gasteiger partial charge is 0.0760 e. The largest absolute Gasteiger partial charge is 0.247 e. The Kier molecular flexibility index (Phi) is 5.79. The lowest BCUT2D eigenvalue weighted by molar-refractivity contribution is 0.997. The van der Waals surface area contributed by atoms with Crippen molar-refractivity contribution in [3.05, 3.63) is 174 Å². The van der Waals surface area contributed by atoms with Crippen molar-refractivity contribution < 1.29 is 0 Å². The Balaban J connectivity index is 1.34. The van der Waals surface area contributed by atoms with E-state index in [-0.39, 0.29) is 5.92 Å². The van der Waals surface area contributed by atoms with Crippen LogP contribution in [0.1, 0.15) is 28.2 Å². The fourth-order valence-corrected chi connectivity index (χ4v) is 9.11. The highest BCUT2D eigenvalue weighted by Crippen LogP contribution is 2.55. The number of aryl methyl sites for hydroxylation is 1. The second-order valence-corrected chi connectivity index (χ2v) is 13.8. The van der Waals surface area contributed by atoms with E-state index in [4.69, 9.17) is 4.98 Å². The standard InChI is InChI=1S/C45H29NS/c1-27-31-17-9-11-21-40(31)46-45(34-20-8-7-18-32(34)28-13-3-2-4-14-28)43(27)44-38-24-30-16-6-5-15-29(30)23-35(38)36-25-37-33-19-10-12-22-41(33)47-42(37)26-39(36)44/h2-26,44H,1H3/t44-/m1/s1. The molecule has 7 aromatic carbocycles. The van der Waals surface area contributed by atoms with Gasteiger partial charge in [0.25, 0.3) is 0 Å². The van der Waals surface area contributed by atoms with E-state index in [1.807, 2.05) is 11.3 Å². The minimum Gasteiger partial charge on any atom is -0.247 e. The molecule has 0 saturated heterocycles. The number of pyridine rings is 1. The number of hydrogen-bond donors (Lipinski definition) is 0. The molecule has 1 atom stereocenters. The van der Waals surface area contributed by atoms with Gasteiger partial charge in [-0.05, 0) is 98.6 Å². The van der Waals surface area contributed by atoms with Gasteiger partial charge in [0.15, 0.2) is 0 Å². The maximum absolute atomic E-state index is 5.54. The van der Waals surface area contributed by atoms with Crippen LogP contribution in [0.4, 0.5) is 0 Å². The first-order chi connectivity index (χ1) is 23.2. The molecule has 0 spiro atoms. The molecule has 0 saturated carbocycles. The molecule has 1 nitrogen and oxygen atoms in total. The third-order valence-electron chi connectivity index (χ3n) is 10.1. The van der Waals surface area contributed by atoms with Gasteiger partial charge in [-0.15, -0.1) is 11.3 Å². The van der Waals surface area contributed by atoms with E-state index < -0.39 is 0 Å². The number of aromatic nitrogens is 1. The minimum atomic E-state index is 0.0372. The summed E-state index contributed by atoms with van der Waals surface area (Å²) in [7, 11) is 0. The normalized spacial score (nSPS) is 13.9. The molecule has 0 aliphatic heterocycles. The molecule has 2 heteroatoms. The summed E-state index contributed by atoms with van der Waals surface area (Å²) in [5.41, 5.74) is 13.6. The molecule has 0 bridgehead atoms. The summed E-state index contributed by atoms with van der Waals surface area (Å²) in [5.74, 6) is 0.0372. The van der Waals surface area contributed by atoms with Crippen LogP contribution < -0.4 is 0 Å². The molecule has 10 rings (SSSR count). The zero-order valence-electron chi connectivity index (χ0n) is 25.9. The van der Waals surface area contributed by atoms with Crippen molar-refractivity contribution in [1.29, 1.82) is 0 Å². The van der Waals surface area contributed by atoms with Crippen LogP contribution in [0.3, 0.4) is 0 Å². The molecule has 0 radical (unpaired) electrons. The minimum absolute atomic E-state index is 0.0372. The molecule has 1 aliphatic rings. The van der Waals surface area contributed by atoms with Gasteiger partial charge < -0.3 is 0 Å². The number of nitrogens with zero attached hydrogens (tertiary/aromatic N) is 1. The predicted molar refractivity (Wildman–Crippen MR) is 201 cm³/mol. The van der Waals surface area contributed by atoms with Gasteiger partial charge in [-0.25, -0.2) is 4.98 Å². The van der Waals surface area contributed by atoms with Crippen LogP contribution in [-0.4, -0.2) is 4.98 Å². The van der Waals surface area contributed by atoms with Crippen LogP contribution in [0.15, 0.2) is 152 Å². The van der Waals surface area contributed by atoms with Gasteiger partial charge in [-0.2, -0.15) is 0 Å². The Bertz CT molecular complexity index is 2700. The molecular formula is C45H29NS. The third-order valence-corrected chi connectivity index (χ3v) is 11.3. The first-order valence-corrected chi connectivity index (χ1v) is 17.1. The highest BCUT2D eigenvalue weighted by Gasteiger charge is 2.35. The summed E-state index contributed by atoms with van der Waals surface area (Å²) >= 11 is 1.90. The third kappa shape index (κ3) is 3.98. The van der Waals surface area contributed by atoms with E-state index in [1.165, 1.54) is 86.4 Å². The number of fused-ring (bicyclic) bond motifs is 8. The van der Waals surface area contributed by atoms with Gasteiger partial charge in [0.1, 0.15) is 0 Å². The number of para-hydroxylation sites is 1. The van der Waals surface area contributed by atoms with Gasteiger partial charge in [0.2, 0.25) is 0 Å². The number of benzene rings is 7. The van der Waals surface area contributed by atoms with Crippen molar-refractivity contribution in [2.75, 3.05) is 0 Å². The molecule has 0 N–H and O–H groups in total. The lowest BCUT2D eigenvalue weighted by atomic mass is 9.81. The summed E-state index contributed by atoms with van der Waals surface area (Å²) in [6.07, 6.45) is 0. The van der Waals surface area contributed by atoms with Crippen LogP contribution in [0, 0.1) is 6.92 Å². The van der Waals surface area contributed by atoms with Crippen LogP contribution >= 0.6 is 11.3 Å². The predicted octanol–water partition coefficient (Wildman–Crippen LogP) is 12.6. The summed E-state index contributed by atoms with van der Waals surface area (Å²) in [5, 5.41) is 6.43. The van der Waals surface area contributed by atoms with Gasteiger partial charge in [0, 0.05) is 37.0 Å². The Labute approximate surface area is 277 Å². The lowest BCUT2D eigenvalue weighted by Gasteiger charge is -2.24. The molecule has 47 heavy (non-hydrogen) atoms. The molecule has 9 aromatic rings. The first-order valence-electron chi connectivity index (χ1n) is 16.3. The molecule has 1 aliphatic carbocycles. The van der Waals surface area contributed by atoms with Crippen molar-refractivity contribution in [3.8, 4) is 33.5 Å². The van der Waals surface area contributed by atoms with Gasteiger partial charge >= 0.3 is 0 Å². The summed E-state index contributed by atoms with van der Waals surface area (Å²) < 4.78 is 2.67. The first kappa shape index (κ1) is 26.6. The summed E-state index contributed by atoms with van der Waals surface area (Å²) in [6, 6.07) is 55.6. The fraction of sp³-hybridized carbons (Fsp3) is 0.0444. The Morgan fingerprint density at radius 2 is 1.13 bits per heavy atom. The average Bonchev–Trinajstić information content (AvgIpc) is 3.64. The van der Waals surface area contributed by atoms with Gasteiger partial charge in [-0.1, -0.05) is 115 Å². The van der Waals surface area contributed by atoms with Gasteiger partial charge in [0.05, 0.1) is 11.2 Å². The SMILES string of the molecule is Cc1c([C@@H]2c3cc4ccccc4cc3-c3cc4c(cc32)sc2ccccc24)c(-c2ccccc2-c2ccccc2)nc2ccccc12. The molecule has 0 unspecified atom stereocenters. The number of thiophene rings is 1. The lowest BCUT2D eigenvalue weighted by Crippen LogP contribution is -2.07. The van der Waals surface area contributed by atoms with Crippen LogP contribution in [0.25, 0.3) is 75.4 Å². The maximum atomic E-state index is 5.54. The van der Waals surface area contributed by atoms with E-state index in [1.54, 1.807) is 0 Å². The molecular weight excluding hydrogens is 587 g/mol. The van der Waals surface area contributed by atoms with Crippen molar-refractivity contribution in [2.45, 2.75) is 12.8 Å². The number of rotatable bonds is 3. The second-order valence-electron chi connectivity index (χ2n) is 12.7. The Morgan fingerprint density at radius 3 is 1.98 bits per heavy atom. The summed E-state index contributed by atoms with van der Waals surface area (Å²) in [6.45, 7) is 2.31. The Hall–Kier alpha value is -5.57. The van der Waals surface area contributed by atoms with E-state index in [2.05, 4.69) is 159 Å². The molecule has 2 heterocycles. The highest BCUT2D eigenvalue weighted by atomic mass is 32.1. The van der Waals surface area contributed by atoms with Gasteiger partial charge in [-0.3, -0.25) is 0 Å². The van der Waals surface area contributed by atoms with E-state index >= 15 is 0 Å². The van der Waals surface area contributed by atoms with E-state index in [0.717, 1.165) is 11.2 Å². The second kappa shape index (κ2) is 10.2. The van der Waals surface area contributed by atoms with Crippen LogP contribution in [0.2, 0.25) is 0 Å².